The Morgan fingerprint density at radius 1 is 1.22 bits per heavy atom. The molecule has 0 bridgehead atoms. The number of hydrogen-bond donors (Lipinski definition) is 1. The summed E-state index contributed by atoms with van der Waals surface area (Å²) >= 11 is 1.56. The SMILES string of the molecule is O=C(c1cnc2nc(N3CCCC3)sc2c1)c1ccccc1O. The standard InChI is InChI=1S/C17H15N3O2S/c21-13-6-2-1-5-12(13)15(22)11-9-14-16(18-10-11)19-17(23-14)20-7-3-4-8-20/h1-2,5-6,9-10,21H,3-4,7-8H2. The smallest absolute Gasteiger partial charge is 0.198 e. The lowest BCUT2D eigenvalue weighted by atomic mass is 10.0. The van der Waals surface area contributed by atoms with Crippen molar-refractivity contribution in [2.75, 3.05) is 18.0 Å². The number of pyridine rings is 1. The third-order valence-electron chi connectivity index (χ3n) is 4.02. The Morgan fingerprint density at radius 2 is 2.00 bits per heavy atom. The van der Waals surface area contributed by atoms with Crippen molar-refractivity contribution in [1.29, 1.82) is 0 Å². The predicted octanol–water partition coefficient (Wildman–Crippen LogP) is 3.23. The first-order chi connectivity index (χ1) is 11.2. The molecule has 3 heterocycles. The molecule has 116 valence electrons. The Kier molecular flexibility index (Phi) is 3.46. The molecule has 0 amide bonds. The molecule has 4 rings (SSSR count). The number of para-hydroxylation sites is 1. The number of rotatable bonds is 3. The van der Waals surface area contributed by atoms with Crippen molar-refractivity contribution < 1.29 is 9.90 Å². The topological polar surface area (TPSA) is 66.3 Å². The highest BCUT2D eigenvalue weighted by atomic mass is 32.1. The first-order valence-corrected chi connectivity index (χ1v) is 8.38. The number of fused-ring (bicyclic) bond motifs is 1. The van der Waals surface area contributed by atoms with Gasteiger partial charge in [-0.05, 0) is 31.0 Å². The summed E-state index contributed by atoms with van der Waals surface area (Å²) in [5.74, 6) is -0.242. The van der Waals surface area contributed by atoms with Gasteiger partial charge in [-0.2, -0.15) is 4.98 Å². The normalized spacial score (nSPS) is 14.5. The molecule has 0 saturated carbocycles. The summed E-state index contributed by atoms with van der Waals surface area (Å²) in [5, 5.41) is 10.8. The second-order valence-electron chi connectivity index (χ2n) is 5.58. The largest absolute Gasteiger partial charge is 0.507 e. The van der Waals surface area contributed by atoms with E-state index in [9.17, 15) is 9.90 Å². The van der Waals surface area contributed by atoms with Crippen LogP contribution < -0.4 is 4.90 Å². The summed E-state index contributed by atoms with van der Waals surface area (Å²) in [6.07, 6.45) is 3.92. The van der Waals surface area contributed by atoms with Gasteiger partial charge in [-0.15, -0.1) is 0 Å². The number of ketones is 1. The lowest BCUT2D eigenvalue weighted by molar-refractivity contribution is 0.103. The first-order valence-electron chi connectivity index (χ1n) is 7.56. The average Bonchev–Trinajstić information content (AvgIpc) is 3.23. The van der Waals surface area contributed by atoms with Crippen LogP contribution in [0.5, 0.6) is 5.75 Å². The van der Waals surface area contributed by atoms with Crippen LogP contribution in [-0.4, -0.2) is 33.9 Å². The minimum atomic E-state index is -0.228. The van der Waals surface area contributed by atoms with Gasteiger partial charge in [0, 0.05) is 24.8 Å². The van der Waals surface area contributed by atoms with Crippen LogP contribution in [0.25, 0.3) is 10.3 Å². The molecule has 0 radical (unpaired) electrons. The van der Waals surface area contributed by atoms with E-state index in [1.807, 2.05) is 6.07 Å². The molecular weight excluding hydrogens is 310 g/mol. The minimum absolute atomic E-state index is 0.0142. The van der Waals surface area contributed by atoms with Crippen LogP contribution in [0.15, 0.2) is 36.5 Å². The Morgan fingerprint density at radius 3 is 2.78 bits per heavy atom. The molecule has 2 aromatic heterocycles. The molecule has 1 aliphatic heterocycles. The van der Waals surface area contributed by atoms with Gasteiger partial charge in [0.15, 0.2) is 16.6 Å². The number of carbonyl (C=O) groups is 1. The third-order valence-corrected chi connectivity index (χ3v) is 5.08. The predicted molar refractivity (Wildman–Crippen MR) is 90.4 cm³/mol. The van der Waals surface area contributed by atoms with Crippen LogP contribution >= 0.6 is 11.3 Å². The van der Waals surface area contributed by atoms with Crippen molar-refractivity contribution in [2.24, 2.45) is 0 Å². The van der Waals surface area contributed by atoms with E-state index >= 15 is 0 Å². The van der Waals surface area contributed by atoms with E-state index in [-0.39, 0.29) is 17.1 Å². The Balaban J connectivity index is 1.71. The maximum atomic E-state index is 12.5. The molecule has 23 heavy (non-hydrogen) atoms. The van der Waals surface area contributed by atoms with Crippen molar-refractivity contribution in [1.82, 2.24) is 9.97 Å². The number of aromatic nitrogens is 2. The zero-order valence-electron chi connectivity index (χ0n) is 12.4. The number of hydrogen-bond acceptors (Lipinski definition) is 6. The third kappa shape index (κ3) is 2.55. The zero-order valence-corrected chi connectivity index (χ0v) is 13.2. The summed E-state index contributed by atoms with van der Waals surface area (Å²) < 4.78 is 0.896. The van der Waals surface area contributed by atoms with Crippen LogP contribution in [0.4, 0.5) is 5.13 Å². The summed E-state index contributed by atoms with van der Waals surface area (Å²) in [7, 11) is 0. The van der Waals surface area contributed by atoms with Crippen LogP contribution in [0.2, 0.25) is 0 Å². The van der Waals surface area contributed by atoms with E-state index in [1.54, 1.807) is 29.5 Å². The van der Waals surface area contributed by atoms with E-state index < -0.39 is 0 Å². The molecule has 0 unspecified atom stereocenters. The second-order valence-corrected chi connectivity index (χ2v) is 6.59. The molecule has 5 nitrogen and oxygen atoms in total. The number of thiazole rings is 1. The number of phenolic OH excluding ortho intramolecular Hbond substituents is 1. The number of carbonyl (C=O) groups excluding carboxylic acids is 1. The van der Waals surface area contributed by atoms with Crippen LogP contribution in [0, 0.1) is 0 Å². The van der Waals surface area contributed by atoms with E-state index in [2.05, 4.69) is 14.9 Å². The Hall–Kier alpha value is -2.47. The highest BCUT2D eigenvalue weighted by Crippen LogP contribution is 2.31. The molecule has 1 aliphatic rings. The molecule has 1 saturated heterocycles. The van der Waals surface area contributed by atoms with E-state index in [0.717, 1.165) is 22.9 Å². The summed E-state index contributed by atoms with van der Waals surface area (Å²) in [6, 6.07) is 8.37. The summed E-state index contributed by atoms with van der Waals surface area (Å²) in [4.78, 5) is 23.7. The van der Waals surface area contributed by atoms with E-state index in [0.29, 0.717) is 11.2 Å². The molecule has 1 fully saturated rings. The van der Waals surface area contributed by atoms with Gasteiger partial charge < -0.3 is 10.0 Å². The van der Waals surface area contributed by atoms with Crippen molar-refractivity contribution >= 4 is 32.6 Å². The Labute approximate surface area is 137 Å². The summed E-state index contributed by atoms with van der Waals surface area (Å²) in [5.41, 5.74) is 1.43. The van der Waals surface area contributed by atoms with Crippen molar-refractivity contribution in [3.63, 3.8) is 0 Å². The first kappa shape index (κ1) is 14.1. The number of anilines is 1. The van der Waals surface area contributed by atoms with Crippen LogP contribution in [0.1, 0.15) is 28.8 Å². The number of benzene rings is 1. The van der Waals surface area contributed by atoms with Crippen LogP contribution in [-0.2, 0) is 0 Å². The van der Waals surface area contributed by atoms with Gasteiger partial charge in [0.25, 0.3) is 0 Å². The second kappa shape index (κ2) is 5.62. The lowest BCUT2D eigenvalue weighted by Crippen LogP contribution is -2.16. The quantitative estimate of drug-likeness (QED) is 0.749. The molecule has 0 aliphatic carbocycles. The maximum Gasteiger partial charge on any atom is 0.198 e. The van der Waals surface area contributed by atoms with Crippen molar-refractivity contribution in [3.8, 4) is 5.75 Å². The van der Waals surface area contributed by atoms with Gasteiger partial charge >= 0.3 is 0 Å². The fourth-order valence-electron chi connectivity index (χ4n) is 2.80. The highest BCUT2D eigenvalue weighted by Gasteiger charge is 2.19. The average molecular weight is 325 g/mol. The molecule has 0 spiro atoms. The minimum Gasteiger partial charge on any atom is -0.507 e. The Bertz CT molecular complexity index is 884. The van der Waals surface area contributed by atoms with Gasteiger partial charge in [-0.25, -0.2) is 4.98 Å². The molecule has 6 heteroatoms. The van der Waals surface area contributed by atoms with E-state index in [1.165, 1.54) is 25.1 Å². The summed E-state index contributed by atoms with van der Waals surface area (Å²) in [6.45, 7) is 2.06. The monoisotopic (exact) mass is 325 g/mol. The molecule has 1 N–H and O–H groups in total. The zero-order chi connectivity index (χ0) is 15.8. The van der Waals surface area contributed by atoms with Gasteiger partial charge in [0.05, 0.1) is 10.3 Å². The number of aromatic hydroxyl groups is 1. The van der Waals surface area contributed by atoms with Gasteiger partial charge in [-0.3, -0.25) is 4.79 Å². The van der Waals surface area contributed by atoms with Gasteiger partial charge in [0.1, 0.15) is 5.75 Å². The maximum absolute atomic E-state index is 12.5. The lowest BCUT2D eigenvalue weighted by Gasteiger charge is -2.11. The van der Waals surface area contributed by atoms with E-state index in [4.69, 9.17) is 0 Å². The van der Waals surface area contributed by atoms with Gasteiger partial charge in [0.2, 0.25) is 0 Å². The fourth-order valence-corrected chi connectivity index (χ4v) is 3.81. The molecule has 1 aromatic carbocycles. The molecular formula is C17H15N3O2S. The molecule has 3 aromatic rings. The number of phenols is 1. The van der Waals surface area contributed by atoms with Crippen molar-refractivity contribution in [3.05, 3.63) is 47.7 Å². The van der Waals surface area contributed by atoms with Crippen molar-refractivity contribution in [2.45, 2.75) is 12.8 Å². The van der Waals surface area contributed by atoms with Crippen LogP contribution in [0.3, 0.4) is 0 Å². The molecule has 0 atom stereocenters. The van der Waals surface area contributed by atoms with Gasteiger partial charge in [-0.1, -0.05) is 23.5 Å². The highest BCUT2D eigenvalue weighted by molar-refractivity contribution is 7.22. The fraction of sp³-hybridized carbons (Fsp3) is 0.235. The number of nitrogens with zero attached hydrogens (tertiary/aromatic N) is 3.